The van der Waals surface area contributed by atoms with Crippen LogP contribution in [0.15, 0.2) is 30.4 Å². The van der Waals surface area contributed by atoms with Gasteiger partial charge in [-0.3, -0.25) is 14.4 Å². The van der Waals surface area contributed by atoms with E-state index < -0.39 is 35.8 Å². The molecule has 34 heavy (non-hydrogen) atoms. The number of ether oxygens (including phenoxy) is 1. The number of nitrogens with one attached hydrogen (secondary N) is 1. The number of halogens is 1. The summed E-state index contributed by atoms with van der Waals surface area (Å²) in [4.78, 5) is 42.0. The third kappa shape index (κ3) is 5.01. The van der Waals surface area contributed by atoms with Gasteiger partial charge in [0.05, 0.1) is 41.8 Å². The highest BCUT2D eigenvalue weighted by molar-refractivity contribution is 6.34. The highest BCUT2D eigenvalue weighted by atomic mass is 35.5. The minimum atomic E-state index is -0.884. The second kappa shape index (κ2) is 10.9. The van der Waals surface area contributed by atoms with Gasteiger partial charge in [-0.05, 0) is 43.7 Å². The van der Waals surface area contributed by atoms with Crippen LogP contribution in [-0.2, 0) is 19.1 Å². The Morgan fingerprint density at radius 2 is 1.97 bits per heavy atom. The van der Waals surface area contributed by atoms with Crippen molar-refractivity contribution in [3.05, 3.63) is 40.9 Å². The first-order valence-corrected chi connectivity index (χ1v) is 12.3. The molecule has 0 spiro atoms. The van der Waals surface area contributed by atoms with Crippen molar-refractivity contribution >= 4 is 35.1 Å². The van der Waals surface area contributed by atoms with Gasteiger partial charge in [0.25, 0.3) is 0 Å². The lowest BCUT2D eigenvalue weighted by molar-refractivity contribution is -0.156. The van der Waals surface area contributed by atoms with Gasteiger partial charge >= 0.3 is 5.97 Å². The average Bonchev–Trinajstić information content (AvgIpc) is 3.07. The number of aryl methyl sites for hydroxylation is 1. The highest BCUT2D eigenvalue weighted by Crippen LogP contribution is 2.46. The molecular weight excluding hydrogens is 456 g/mol. The van der Waals surface area contributed by atoms with Gasteiger partial charge in [-0.2, -0.15) is 0 Å². The van der Waals surface area contributed by atoms with Crippen LogP contribution in [0.5, 0.6) is 0 Å². The smallest absolute Gasteiger partial charge is 0.310 e. The zero-order chi connectivity index (χ0) is 25.2. The van der Waals surface area contributed by atoms with E-state index in [1.807, 2.05) is 45.9 Å². The Balaban J connectivity index is 2.06. The van der Waals surface area contributed by atoms with Gasteiger partial charge in [-0.1, -0.05) is 56.7 Å². The minimum Gasteiger partial charge on any atom is -0.466 e. The third-order valence-electron chi connectivity index (χ3n) is 6.85. The van der Waals surface area contributed by atoms with Crippen LogP contribution >= 0.6 is 11.6 Å². The number of allylic oxidation sites excluding steroid dienone is 1. The molecule has 8 heteroatoms. The van der Waals surface area contributed by atoms with Crippen molar-refractivity contribution in [2.45, 2.75) is 53.1 Å². The zero-order valence-electron chi connectivity index (χ0n) is 20.5. The fourth-order valence-electron chi connectivity index (χ4n) is 5.34. The van der Waals surface area contributed by atoms with Crippen LogP contribution in [0.1, 0.15) is 39.7 Å². The highest BCUT2D eigenvalue weighted by Gasteiger charge is 2.58. The quantitative estimate of drug-likeness (QED) is 0.426. The van der Waals surface area contributed by atoms with Gasteiger partial charge in [-0.15, -0.1) is 0 Å². The Labute approximate surface area is 206 Å². The molecule has 7 nitrogen and oxygen atoms in total. The number of likely N-dealkylation sites (tertiary alicyclic amines) is 1. The van der Waals surface area contributed by atoms with E-state index in [1.165, 1.54) is 4.90 Å². The second-order valence-corrected chi connectivity index (χ2v) is 10.1. The van der Waals surface area contributed by atoms with Crippen LogP contribution in [0.4, 0.5) is 5.69 Å². The van der Waals surface area contributed by atoms with Crippen LogP contribution in [-0.4, -0.2) is 53.1 Å². The largest absolute Gasteiger partial charge is 0.466 e. The van der Waals surface area contributed by atoms with E-state index in [0.29, 0.717) is 17.1 Å². The van der Waals surface area contributed by atoms with Crippen molar-refractivity contribution < 1.29 is 24.2 Å². The Morgan fingerprint density at radius 1 is 1.26 bits per heavy atom. The van der Waals surface area contributed by atoms with Crippen molar-refractivity contribution in [3.63, 3.8) is 0 Å². The van der Waals surface area contributed by atoms with Crippen molar-refractivity contribution in [2.24, 2.45) is 29.6 Å². The summed E-state index contributed by atoms with van der Waals surface area (Å²) in [7, 11) is 0. The third-order valence-corrected chi connectivity index (χ3v) is 7.17. The normalized spacial score (nSPS) is 27.0. The molecule has 6 atom stereocenters. The number of hydrogen-bond donors (Lipinski definition) is 2. The molecule has 0 radical (unpaired) electrons. The first-order chi connectivity index (χ1) is 16.1. The van der Waals surface area contributed by atoms with E-state index in [9.17, 15) is 19.5 Å². The van der Waals surface area contributed by atoms with Crippen LogP contribution in [0.3, 0.4) is 0 Å². The number of aliphatic hydroxyl groups is 1. The molecule has 0 saturated carbocycles. The molecule has 1 aromatic rings. The average molecular weight is 491 g/mol. The van der Waals surface area contributed by atoms with Crippen molar-refractivity contribution in [1.82, 2.24) is 4.90 Å². The minimum absolute atomic E-state index is 0.192. The number of hydrogen-bond acceptors (Lipinski definition) is 5. The summed E-state index contributed by atoms with van der Waals surface area (Å²) >= 11 is 6.35. The van der Waals surface area contributed by atoms with Crippen LogP contribution < -0.4 is 5.32 Å². The lowest BCUT2D eigenvalue weighted by Crippen LogP contribution is -2.51. The molecule has 0 aromatic heterocycles. The molecule has 1 aromatic carbocycles. The number of carbonyl (C=O) groups excluding carboxylic acids is 3. The number of nitrogens with zero attached hydrogens (tertiary/aromatic N) is 1. The molecule has 2 aliphatic rings. The second-order valence-electron chi connectivity index (χ2n) is 9.70. The molecular formula is C26H35ClN2O5. The standard InChI is InChI=1S/C26H35ClN2O5/c1-6-34-26(33)20-15(4)10-11-18-21(20)25(32)29(17(13-30)12-14(2)3)23(18)24(31)28-22-16(5)8-7-9-19(22)27/h7-11,14-15,17-18,20-21,23,30H,6,12-13H2,1-5H3,(H,28,31)/t15-,17-,18+,20-,21+,23+/m1/s1. The number of aliphatic hydroxyl groups excluding tert-OH is 1. The summed E-state index contributed by atoms with van der Waals surface area (Å²) in [6.07, 6.45) is 4.29. The van der Waals surface area contributed by atoms with E-state index in [1.54, 1.807) is 19.1 Å². The van der Waals surface area contributed by atoms with Crippen molar-refractivity contribution in [2.75, 3.05) is 18.5 Å². The van der Waals surface area contributed by atoms with Crippen molar-refractivity contribution in [1.29, 1.82) is 0 Å². The summed E-state index contributed by atoms with van der Waals surface area (Å²) in [5.41, 5.74) is 1.29. The lowest BCUT2D eigenvalue weighted by Gasteiger charge is -2.34. The van der Waals surface area contributed by atoms with Gasteiger partial charge in [0.1, 0.15) is 6.04 Å². The van der Waals surface area contributed by atoms with E-state index in [0.717, 1.165) is 5.56 Å². The molecule has 1 aliphatic heterocycles. The Bertz CT molecular complexity index is 942. The topological polar surface area (TPSA) is 95.9 Å². The molecule has 186 valence electrons. The maximum absolute atomic E-state index is 13.9. The predicted octanol–water partition coefficient (Wildman–Crippen LogP) is 3.82. The number of esters is 1. The summed E-state index contributed by atoms with van der Waals surface area (Å²) in [6.45, 7) is 9.39. The van der Waals surface area contributed by atoms with Gasteiger partial charge < -0.3 is 20.1 Å². The van der Waals surface area contributed by atoms with Crippen molar-refractivity contribution in [3.8, 4) is 0 Å². The number of para-hydroxylation sites is 1. The molecule has 1 saturated heterocycles. The van der Waals surface area contributed by atoms with Gasteiger partial charge in [-0.25, -0.2) is 0 Å². The number of rotatable bonds is 8. The van der Waals surface area contributed by atoms with E-state index >= 15 is 0 Å². The molecule has 3 rings (SSSR count). The number of fused-ring (bicyclic) bond motifs is 1. The molecule has 1 aliphatic carbocycles. The Hall–Kier alpha value is -2.38. The number of anilines is 1. The van der Waals surface area contributed by atoms with E-state index in [2.05, 4.69) is 5.32 Å². The fraction of sp³-hybridized carbons (Fsp3) is 0.577. The Kier molecular flexibility index (Phi) is 8.42. The summed E-state index contributed by atoms with van der Waals surface area (Å²) in [5.74, 6) is -3.09. The first kappa shape index (κ1) is 26.2. The Morgan fingerprint density at radius 3 is 2.56 bits per heavy atom. The van der Waals surface area contributed by atoms with Crippen LogP contribution in [0.2, 0.25) is 5.02 Å². The molecule has 2 amide bonds. The van der Waals surface area contributed by atoms with Gasteiger partial charge in [0, 0.05) is 5.92 Å². The maximum Gasteiger partial charge on any atom is 0.310 e. The molecule has 1 fully saturated rings. The monoisotopic (exact) mass is 490 g/mol. The van der Waals surface area contributed by atoms with E-state index in [-0.39, 0.29) is 36.9 Å². The van der Waals surface area contributed by atoms with E-state index in [4.69, 9.17) is 16.3 Å². The molecule has 1 heterocycles. The maximum atomic E-state index is 13.9. The fourth-order valence-corrected chi connectivity index (χ4v) is 5.61. The predicted molar refractivity (Wildman–Crippen MR) is 131 cm³/mol. The summed E-state index contributed by atoms with van der Waals surface area (Å²) in [6, 6.07) is 3.90. The molecule has 0 bridgehead atoms. The SMILES string of the molecule is CCOC(=O)[C@H]1[C@H]2C(=O)N([C@@H](CO)CC(C)C)[C@H](C(=O)Nc3c(C)cccc3Cl)[C@H]2C=C[C@H]1C. The number of amides is 2. The number of benzene rings is 1. The first-order valence-electron chi connectivity index (χ1n) is 12.0. The molecule has 0 unspecified atom stereocenters. The number of carbonyl (C=O) groups is 3. The molecule has 2 N–H and O–H groups in total. The zero-order valence-corrected chi connectivity index (χ0v) is 21.2. The van der Waals surface area contributed by atoms with Gasteiger partial charge in [0.15, 0.2) is 0 Å². The summed E-state index contributed by atoms with van der Waals surface area (Å²) in [5, 5.41) is 13.5. The summed E-state index contributed by atoms with van der Waals surface area (Å²) < 4.78 is 5.31. The lowest BCUT2D eigenvalue weighted by atomic mass is 9.70. The van der Waals surface area contributed by atoms with Crippen LogP contribution in [0, 0.1) is 36.5 Å². The van der Waals surface area contributed by atoms with Gasteiger partial charge in [0.2, 0.25) is 11.8 Å². The van der Waals surface area contributed by atoms with Crippen LogP contribution in [0.25, 0.3) is 0 Å².